The summed E-state index contributed by atoms with van der Waals surface area (Å²) in [5.41, 5.74) is 6.23. The Morgan fingerprint density at radius 1 is 1.06 bits per heavy atom. The molecule has 0 bridgehead atoms. The fraction of sp³-hybridized carbons (Fsp3) is 0.269. The first kappa shape index (κ1) is 21.9. The highest BCUT2D eigenvalue weighted by Crippen LogP contribution is 2.27. The molecule has 0 radical (unpaired) electrons. The third-order valence-electron chi connectivity index (χ3n) is 6.37. The highest BCUT2D eigenvalue weighted by Gasteiger charge is 2.23. The molecule has 1 aliphatic heterocycles. The fourth-order valence-corrected chi connectivity index (χ4v) is 4.39. The van der Waals surface area contributed by atoms with Crippen molar-refractivity contribution in [3.05, 3.63) is 72.2 Å². The Labute approximate surface area is 198 Å². The van der Waals surface area contributed by atoms with Crippen LogP contribution in [0.25, 0.3) is 16.9 Å². The molecule has 34 heavy (non-hydrogen) atoms. The molecule has 2 aromatic carbocycles. The average Bonchev–Trinajstić information content (AvgIpc) is 3.29. The summed E-state index contributed by atoms with van der Waals surface area (Å²) in [4.78, 5) is 23.9. The van der Waals surface area contributed by atoms with Gasteiger partial charge >= 0.3 is 0 Å². The molecular formula is C26H28N6O2. The molecule has 0 unspecified atom stereocenters. The number of aliphatic hydroxyl groups is 1. The number of nitrogens with one attached hydrogen (secondary N) is 2. The topological polar surface area (TPSA) is 94.8 Å². The van der Waals surface area contributed by atoms with Crippen LogP contribution < -0.4 is 10.6 Å². The zero-order valence-corrected chi connectivity index (χ0v) is 19.3. The highest BCUT2D eigenvalue weighted by molar-refractivity contribution is 5.96. The SMILES string of the molecule is CNc1ccc(-c2cnc3c(Nc4ccc(C(=O)N5CCC(O)CC5)c(C)c4)nccn23)cc1. The van der Waals surface area contributed by atoms with Gasteiger partial charge in [0.2, 0.25) is 0 Å². The summed E-state index contributed by atoms with van der Waals surface area (Å²) in [6, 6.07) is 13.9. The maximum absolute atomic E-state index is 12.9. The number of carbonyl (C=O) groups is 1. The first-order valence-electron chi connectivity index (χ1n) is 11.5. The van der Waals surface area contributed by atoms with Crippen LogP contribution >= 0.6 is 0 Å². The normalized spacial score (nSPS) is 14.4. The van der Waals surface area contributed by atoms with Gasteiger partial charge < -0.3 is 20.6 Å². The number of aliphatic hydroxyl groups excluding tert-OH is 1. The second-order valence-corrected chi connectivity index (χ2v) is 8.62. The van der Waals surface area contributed by atoms with Crippen LogP contribution in [0.1, 0.15) is 28.8 Å². The molecule has 5 rings (SSSR count). The molecule has 0 atom stereocenters. The van der Waals surface area contributed by atoms with E-state index in [4.69, 9.17) is 0 Å². The van der Waals surface area contributed by atoms with Gasteiger partial charge in [0, 0.05) is 55.0 Å². The molecule has 0 aliphatic carbocycles. The molecule has 3 N–H and O–H groups in total. The molecule has 174 valence electrons. The number of piperidine rings is 1. The van der Waals surface area contributed by atoms with Crippen molar-refractivity contribution in [3.8, 4) is 11.3 Å². The van der Waals surface area contributed by atoms with Gasteiger partial charge in [-0.05, 0) is 55.7 Å². The van der Waals surface area contributed by atoms with Gasteiger partial charge in [-0.2, -0.15) is 0 Å². The van der Waals surface area contributed by atoms with Crippen LogP contribution in [-0.2, 0) is 0 Å². The van der Waals surface area contributed by atoms with Crippen molar-refractivity contribution in [2.24, 2.45) is 0 Å². The first-order valence-corrected chi connectivity index (χ1v) is 11.5. The van der Waals surface area contributed by atoms with Crippen LogP contribution in [0.5, 0.6) is 0 Å². The molecule has 8 nitrogen and oxygen atoms in total. The largest absolute Gasteiger partial charge is 0.393 e. The maximum Gasteiger partial charge on any atom is 0.254 e. The van der Waals surface area contributed by atoms with Crippen molar-refractivity contribution < 1.29 is 9.90 Å². The fourth-order valence-electron chi connectivity index (χ4n) is 4.39. The van der Waals surface area contributed by atoms with Crippen LogP contribution in [0.4, 0.5) is 17.2 Å². The van der Waals surface area contributed by atoms with E-state index in [1.807, 2.05) is 66.0 Å². The summed E-state index contributed by atoms with van der Waals surface area (Å²) in [7, 11) is 1.90. The number of amides is 1. The highest BCUT2D eigenvalue weighted by atomic mass is 16.3. The summed E-state index contributed by atoms with van der Waals surface area (Å²) in [5.74, 6) is 0.655. The van der Waals surface area contributed by atoms with Crippen LogP contribution in [-0.4, -0.2) is 56.5 Å². The smallest absolute Gasteiger partial charge is 0.254 e. The Balaban J connectivity index is 1.38. The summed E-state index contributed by atoms with van der Waals surface area (Å²) >= 11 is 0. The van der Waals surface area contributed by atoms with Crippen molar-refractivity contribution in [2.75, 3.05) is 30.8 Å². The van der Waals surface area contributed by atoms with E-state index in [0.717, 1.165) is 33.8 Å². The number of hydrogen-bond donors (Lipinski definition) is 3. The van der Waals surface area contributed by atoms with Gasteiger partial charge in [0.15, 0.2) is 11.5 Å². The zero-order chi connectivity index (χ0) is 23.7. The molecule has 4 aromatic rings. The van der Waals surface area contributed by atoms with Gasteiger partial charge in [0.05, 0.1) is 18.0 Å². The minimum atomic E-state index is -0.303. The Bertz CT molecular complexity index is 1320. The van der Waals surface area contributed by atoms with Crippen molar-refractivity contribution >= 4 is 28.7 Å². The van der Waals surface area contributed by atoms with Gasteiger partial charge in [-0.15, -0.1) is 0 Å². The molecule has 0 saturated carbocycles. The minimum absolute atomic E-state index is 0.0124. The molecule has 2 aromatic heterocycles. The van der Waals surface area contributed by atoms with Crippen molar-refractivity contribution in [1.82, 2.24) is 19.3 Å². The number of anilines is 3. The number of rotatable bonds is 5. The lowest BCUT2D eigenvalue weighted by atomic mass is 10.0. The van der Waals surface area contributed by atoms with Gasteiger partial charge in [-0.3, -0.25) is 9.20 Å². The van der Waals surface area contributed by atoms with Gasteiger partial charge in [-0.1, -0.05) is 12.1 Å². The number of imidazole rings is 1. The summed E-state index contributed by atoms with van der Waals surface area (Å²) < 4.78 is 2.01. The van der Waals surface area contributed by atoms with Crippen LogP contribution in [0, 0.1) is 6.92 Å². The lowest BCUT2D eigenvalue weighted by Gasteiger charge is -2.30. The van der Waals surface area contributed by atoms with Gasteiger partial charge in [0.25, 0.3) is 5.91 Å². The van der Waals surface area contributed by atoms with E-state index in [0.29, 0.717) is 37.3 Å². The Morgan fingerprint density at radius 3 is 2.50 bits per heavy atom. The first-order chi connectivity index (χ1) is 16.5. The molecular weight excluding hydrogens is 428 g/mol. The second-order valence-electron chi connectivity index (χ2n) is 8.62. The Morgan fingerprint density at radius 2 is 1.79 bits per heavy atom. The molecule has 3 heterocycles. The van der Waals surface area contributed by atoms with E-state index in [1.165, 1.54) is 0 Å². The van der Waals surface area contributed by atoms with Crippen LogP contribution in [0.3, 0.4) is 0 Å². The maximum atomic E-state index is 12.9. The number of aromatic nitrogens is 3. The number of nitrogens with zero attached hydrogens (tertiary/aromatic N) is 4. The number of fused-ring (bicyclic) bond motifs is 1. The van der Waals surface area contributed by atoms with Crippen molar-refractivity contribution in [3.63, 3.8) is 0 Å². The number of benzene rings is 2. The predicted octanol–water partition coefficient (Wildman–Crippen LogP) is 4.09. The number of likely N-dealkylation sites (tertiary alicyclic amines) is 1. The third-order valence-corrected chi connectivity index (χ3v) is 6.37. The van der Waals surface area contributed by atoms with Crippen LogP contribution in [0.15, 0.2) is 61.1 Å². The molecule has 8 heteroatoms. The van der Waals surface area contributed by atoms with Gasteiger partial charge in [0.1, 0.15) is 0 Å². The second kappa shape index (κ2) is 9.15. The van der Waals surface area contributed by atoms with E-state index in [9.17, 15) is 9.90 Å². The number of aryl methyl sites for hydroxylation is 1. The zero-order valence-electron chi connectivity index (χ0n) is 19.3. The van der Waals surface area contributed by atoms with E-state index < -0.39 is 0 Å². The molecule has 1 saturated heterocycles. The molecule has 1 fully saturated rings. The van der Waals surface area contributed by atoms with Crippen LogP contribution in [0.2, 0.25) is 0 Å². The van der Waals surface area contributed by atoms with Gasteiger partial charge in [-0.25, -0.2) is 9.97 Å². The van der Waals surface area contributed by atoms with E-state index >= 15 is 0 Å². The average molecular weight is 457 g/mol. The molecule has 1 aliphatic rings. The third kappa shape index (κ3) is 4.20. The van der Waals surface area contributed by atoms with Crippen molar-refractivity contribution in [1.29, 1.82) is 0 Å². The lowest BCUT2D eigenvalue weighted by molar-refractivity contribution is 0.0546. The van der Waals surface area contributed by atoms with E-state index in [-0.39, 0.29) is 12.0 Å². The Hall–Kier alpha value is -3.91. The van der Waals surface area contributed by atoms with E-state index in [1.54, 1.807) is 6.20 Å². The Kier molecular flexibility index (Phi) is 5.90. The quantitative estimate of drug-likeness (QED) is 0.419. The van der Waals surface area contributed by atoms with Crippen molar-refractivity contribution in [2.45, 2.75) is 25.9 Å². The monoisotopic (exact) mass is 456 g/mol. The number of hydrogen-bond acceptors (Lipinski definition) is 6. The number of carbonyl (C=O) groups excluding carboxylic acids is 1. The molecule has 0 spiro atoms. The summed E-state index contributed by atoms with van der Waals surface area (Å²) in [5, 5.41) is 16.2. The molecule has 1 amide bonds. The summed E-state index contributed by atoms with van der Waals surface area (Å²) in [6.45, 7) is 3.12. The summed E-state index contributed by atoms with van der Waals surface area (Å²) in [6.07, 6.45) is 6.45. The minimum Gasteiger partial charge on any atom is -0.393 e. The predicted molar refractivity (Wildman–Crippen MR) is 134 cm³/mol. The standard InChI is InChI=1S/C26H28N6O2/c1-17-15-20(7-8-22(17)26(34)31-12-9-21(33)10-13-31)30-24-25-29-16-23(32(25)14-11-28-24)18-3-5-19(27-2)6-4-18/h3-8,11,14-16,21,27,33H,9-10,12-13H2,1-2H3,(H,28,30). The lowest BCUT2D eigenvalue weighted by Crippen LogP contribution is -2.40. The van der Waals surface area contributed by atoms with E-state index in [2.05, 4.69) is 32.7 Å².